The average Bonchev–Trinajstić information content (AvgIpc) is 2.50. The zero-order valence-electron chi connectivity index (χ0n) is 6.21. The van der Waals surface area contributed by atoms with Gasteiger partial charge in [0.1, 0.15) is 5.75 Å². The van der Waals surface area contributed by atoms with Crippen LogP contribution in [0.3, 0.4) is 0 Å². The van der Waals surface area contributed by atoms with Gasteiger partial charge in [0.25, 0.3) is 0 Å². The second kappa shape index (κ2) is 2.51. The Kier molecular flexibility index (Phi) is 1.51. The maximum Gasteiger partial charge on any atom is 0.145 e. The van der Waals surface area contributed by atoms with Crippen LogP contribution in [0.2, 0.25) is 0 Å². The molecule has 0 saturated carbocycles. The van der Waals surface area contributed by atoms with Crippen LogP contribution in [0.1, 0.15) is 11.3 Å². The Morgan fingerprint density at radius 1 is 1.64 bits per heavy atom. The van der Waals surface area contributed by atoms with Crippen LogP contribution in [-0.4, -0.2) is 11.6 Å². The van der Waals surface area contributed by atoms with E-state index in [2.05, 4.69) is 4.98 Å². The lowest BCUT2D eigenvalue weighted by Crippen LogP contribution is -2.01. The molecule has 0 atom stereocenters. The molecule has 58 valence electrons. The van der Waals surface area contributed by atoms with Crippen LogP contribution >= 0.6 is 0 Å². The highest BCUT2D eigenvalue weighted by atomic mass is 16.5. The number of aromatic nitrogens is 1. The fourth-order valence-electron chi connectivity index (χ4n) is 1.32. The Morgan fingerprint density at radius 3 is 3.36 bits per heavy atom. The smallest absolute Gasteiger partial charge is 0.145 e. The van der Waals surface area contributed by atoms with Crippen molar-refractivity contribution < 1.29 is 4.74 Å². The molecule has 1 aliphatic heterocycles. The SMILES string of the molecule is NCc1nccc2c1OCC2. The van der Waals surface area contributed by atoms with E-state index in [1.165, 1.54) is 5.56 Å². The molecular formula is C8H10N2O. The summed E-state index contributed by atoms with van der Waals surface area (Å²) >= 11 is 0. The Morgan fingerprint density at radius 2 is 2.55 bits per heavy atom. The van der Waals surface area contributed by atoms with Gasteiger partial charge in [0.2, 0.25) is 0 Å². The molecule has 2 N–H and O–H groups in total. The highest BCUT2D eigenvalue weighted by Gasteiger charge is 2.15. The van der Waals surface area contributed by atoms with E-state index in [0.717, 1.165) is 24.5 Å². The normalized spacial score (nSPS) is 14.3. The molecule has 3 nitrogen and oxygen atoms in total. The standard InChI is InChI=1S/C8H10N2O/c9-5-7-8-6(1-3-10-7)2-4-11-8/h1,3H,2,4-5,9H2. The van der Waals surface area contributed by atoms with Gasteiger partial charge in [-0.3, -0.25) is 4.98 Å². The first-order valence-corrected chi connectivity index (χ1v) is 3.71. The second-order valence-corrected chi connectivity index (χ2v) is 2.55. The first kappa shape index (κ1) is 6.61. The van der Waals surface area contributed by atoms with Crippen LogP contribution in [0.15, 0.2) is 12.3 Å². The first-order chi connectivity index (χ1) is 5.42. The summed E-state index contributed by atoms with van der Waals surface area (Å²) in [4.78, 5) is 4.12. The van der Waals surface area contributed by atoms with Gasteiger partial charge < -0.3 is 10.5 Å². The number of fused-ring (bicyclic) bond motifs is 1. The van der Waals surface area contributed by atoms with E-state index in [4.69, 9.17) is 10.5 Å². The van der Waals surface area contributed by atoms with Gasteiger partial charge in [0.05, 0.1) is 12.3 Å². The van der Waals surface area contributed by atoms with Crippen LogP contribution < -0.4 is 10.5 Å². The predicted molar refractivity (Wildman–Crippen MR) is 41.3 cm³/mol. The van der Waals surface area contributed by atoms with Crippen LogP contribution in [0.25, 0.3) is 0 Å². The molecule has 2 rings (SSSR count). The monoisotopic (exact) mass is 150 g/mol. The molecule has 2 heterocycles. The third-order valence-corrected chi connectivity index (χ3v) is 1.87. The van der Waals surface area contributed by atoms with Crippen molar-refractivity contribution in [2.24, 2.45) is 5.73 Å². The fourth-order valence-corrected chi connectivity index (χ4v) is 1.32. The third kappa shape index (κ3) is 0.973. The van der Waals surface area contributed by atoms with E-state index in [0.29, 0.717) is 6.54 Å². The Labute approximate surface area is 65.2 Å². The van der Waals surface area contributed by atoms with E-state index in [9.17, 15) is 0 Å². The number of pyridine rings is 1. The summed E-state index contributed by atoms with van der Waals surface area (Å²) in [6.07, 6.45) is 2.78. The van der Waals surface area contributed by atoms with Gasteiger partial charge >= 0.3 is 0 Å². The molecule has 0 saturated heterocycles. The summed E-state index contributed by atoms with van der Waals surface area (Å²) in [6, 6.07) is 1.99. The molecule has 3 heteroatoms. The van der Waals surface area contributed by atoms with Crippen molar-refractivity contribution in [3.8, 4) is 5.75 Å². The van der Waals surface area contributed by atoms with Gasteiger partial charge in [-0.1, -0.05) is 0 Å². The fraction of sp³-hybridized carbons (Fsp3) is 0.375. The highest BCUT2D eigenvalue weighted by molar-refractivity contribution is 5.39. The quantitative estimate of drug-likeness (QED) is 0.633. The summed E-state index contributed by atoms with van der Waals surface area (Å²) in [5.41, 5.74) is 7.59. The van der Waals surface area contributed by atoms with Gasteiger partial charge in [-0.05, 0) is 6.07 Å². The molecule has 0 fully saturated rings. The van der Waals surface area contributed by atoms with Crippen molar-refractivity contribution in [3.63, 3.8) is 0 Å². The van der Waals surface area contributed by atoms with Crippen molar-refractivity contribution in [3.05, 3.63) is 23.5 Å². The molecule has 0 bridgehead atoms. The lowest BCUT2D eigenvalue weighted by Gasteiger charge is -2.02. The third-order valence-electron chi connectivity index (χ3n) is 1.87. The summed E-state index contributed by atoms with van der Waals surface area (Å²) in [5.74, 6) is 0.912. The van der Waals surface area contributed by atoms with Crippen molar-refractivity contribution in [2.75, 3.05) is 6.61 Å². The highest BCUT2D eigenvalue weighted by Crippen LogP contribution is 2.26. The average molecular weight is 150 g/mol. The lowest BCUT2D eigenvalue weighted by molar-refractivity contribution is 0.352. The minimum Gasteiger partial charge on any atom is -0.491 e. The first-order valence-electron chi connectivity index (χ1n) is 3.71. The van der Waals surface area contributed by atoms with E-state index >= 15 is 0 Å². The molecule has 0 amide bonds. The summed E-state index contributed by atoms with van der Waals surface area (Å²) < 4.78 is 5.38. The molecular weight excluding hydrogens is 140 g/mol. The van der Waals surface area contributed by atoms with Gasteiger partial charge in [0.15, 0.2) is 0 Å². The molecule has 0 unspecified atom stereocenters. The maximum atomic E-state index is 5.48. The summed E-state index contributed by atoms with van der Waals surface area (Å²) in [5, 5.41) is 0. The minimum atomic E-state index is 0.461. The topological polar surface area (TPSA) is 48.1 Å². The summed E-state index contributed by atoms with van der Waals surface area (Å²) in [7, 11) is 0. The number of rotatable bonds is 1. The number of ether oxygens (including phenoxy) is 1. The van der Waals surface area contributed by atoms with Crippen LogP contribution in [0.5, 0.6) is 5.75 Å². The number of hydrogen-bond acceptors (Lipinski definition) is 3. The zero-order valence-corrected chi connectivity index (χ0v) is 6.21. The van der Waals surface area contributed by atoms with Crippen LogP contribution in [-0.2, 0) is 13.0 Å². The van der Waals surface area contributed by atoms with Crippen molar-refractivity contribution in [1.29, 1.82) is 0 Å². The Hall–Kier alpha value is -1.09. The van der Waals surface area contributed by atoms with Crippen molar-refractivity contribution >= 4 is 0 Å². The van der Waals surface area contributed by atoms with E-state index < -0.39 is 0 Å². The summed E-state index contributed by atoms with van der Waals surface area (Å²) in [6.45, 7) is 1.23. The van der Waals surface area contributed by atoms with E-state index in [1.807, 2.05) is 6.07 Å². The molecule has 1 aromatic rings. The predicted octanol–water partition coefficient (Wildman–Crippen LogP) is 0.475. The van der Waals surface area contributed by atoms with E-state index in [1.54, 1.807) is 6.20 Å². The van der Waals surface area contributed by atoms with Crippen molar-refractivity contribution in [1.82, 2.24) is 4.98 Å². The van der Waals surface area contributed by atoms with Crippen LogP contribution in [0.4, 0.5) is 0 Å². The second-order valence-electron chi connectivity index (χ2n) is 2.55. The number of nitrogens with two attached hydrogens (primary N) is 1. The molecule has 0 spiro atoms. The van der Waals surface area contributed by atoms with Gasteiger partial charge in [-0.15, -0.1) is 0 Å². The Bertz CT molecular complexity index is 273. The largest absolute Gasteiger partial charge is 0.491 e. The van der Waals surface area contributed by atoms with E-state index in [-0.39, 0.29) is 0 Å². The van der Waals surface area contributed by atoms with Gasteiger partial charge in [-0.25, -0.2) is 0 Å². The zero-order chi connectivity index (χ0) is 7.68. The molecule has 1 aliphatic rings. The number of hydrogen-bond donors (Lipinski definition) is 1. The van der Waals surface area contributed by atoms with Crippen molar-refractivity contribution in [2.45, 2.75) is 13.0 Å². The molecule has 0 radical (unpaired) electrons. The van der Waals surface area contributed by atoms with Gasteiger partial charge in [-0.2, -0.15) is 0 Å². The minimum absolute atomic E-state index is 0.461. The molecule has 0 aromatic carbocycles. The maximum absolute atomic E-state index is 5.48. The number of nitrogens with zero attached hydrogens (tertiary/aromatic N) is 1. The molecule has 11 heavy (non-hydrogen) atoms. The van der Waals surface area contributed by atoms with Crippen LogP contribution in [0, 0.1) is 0 Å². The lowest BCUT2D eigenvalue weighted by atomic mass is 10.2. The Balaban J connectivity index is 2.50. The molecule has 0 aliphatic carbocycles. The molecule has 1 aromatic heterocycles. The van der Waals surface area contributed by atoms with Gasteiger partial charge in [0, 0.05) is 24.7 Å².